The fourth-order valence-corrected chi connectivity index (χ4v) is 4.80. The summed E-state index contributed by atoms with van der Waals surface area (Å²) in [5.74, 6) is 0.508. The molecule has 2 unspecified atom stereocenters. The highest BCUT2D eigenvalue weighted by Gasteiger charge is 2.67. The number of quaternary nitrogens is 2. The number of carbonyl (C=O) groups is 1. The van der Waals surface area contributed by atoms with Crippen molar-refractivity contribution < 1.29 is 14.6 Å². The van der Waals surface area contributed by atoms with Crippen LogP contribution in [-0.2, 0) is 10.2 Å². The quantitative estimate of drug-likeness (QED) is 0.603. The molecular weight excluding hydrogens is 224 g/mol. The second kappa shape index (κ2) is 3.22. The predicted molar refractivity (Wildman–Crippen MR) is 67.5 cm³/mol. The molecule has 4 bridgehead atoms. The van der Waals surface area contributed by atoms with Crippen LogP contribution in [0.3, 0.4) is 0 Å². The van der Waals surface area contributed by atoms with Crippen LogP contribution in [0.15, 0.2) is 30.3 Å². The molecule has 4 heterocycles. The average molecular weight is 244 g/mol. The Hall–Kier alpha value is -1.19. The van der Waals surface area contributed by atoms with Crippen molar-refractivity contribution >= 4 is 5.78 Å². The number of nitrogens with one attached hydrogen (secondary N) is 2. The topological polar surface area (TPSA) is 26.0 Å². The molecule has 4 aliphatic rings. The van der Waals surface area contributed by atoms with Gasteiger partial charge in [-0.15, -0.1) is 0 Å². The summed E-state index contributed by atoms with van der Waals surface area (Å²) in [6.45, 7) is 7.50. The predicted octanol–water partition coefficient (Wildman–Crippen LogP) is -1.73. The molecule has 4 saturated heterocycles. The van der Waals surface area contributed by atoms with Crippen molar-refractivity contribution in [3.8, 4) is 0 Å². The maximum absolute atomic E-state index is 13.0. The first-order chi connectivity index (χ1) is 8.62. The van der Waals surface area contributed by atoms with E-state index >= 15 is 0 Å². The first-order valence-corrected chi connectivity index (χ1v) is 6.90. The Kier molecular flexibility index (Phi) is 1.92. The minimum atomic E-state index is -0.199. The van der Waals surface area contributed by atoms with Gasteiger partial charge in [0.25, 0.3) is 0 Å². The SMILES string of the molecule is CC12C[NH+]3C[NH+](C1)CC(c1ccccc1)(C3)C2=O. The first-order valence-electron chi connectivity index (χ1n) is 6.90. The average Bonchev–Trinajstić information content (AvgIpc) is 2.36. The van der Waals surface area contributed by atoms with Gasteiger partial charge in [-0.3, -0.25) is 14.6 Å². The van der Waals surface area contributed by atoms with Crippen molar-refractivity contribution in [3.63, 3.8) is 0 Å². The molecule has 0 aromatic heterocycles. The summed E-state index contributed by atoms with van der Waals surface area (Å²) in [6, 6.07) is 10.5. The van der Waals surface area contributed by atoms with E-state index in [-0.39, 0.29) is 10.8 Å². The lowest BCUT2D eigenvalue weighted by atomic mass is 9.59. The number of benzene rings is 1. The van der Waals surface area contributed by atoms with E-state index in [0.717, 1.165) is 26.2 Å². The second-order valence-corrected chi connectivity index (χ2v) is 6.72. The van der Waals surface area contributed by atoms with Crippen LogP contribution >= 0.6 is 0 Å². The van der Waals surface area contributed by atoms with Crippen molar-refractivity contribution in [2.24, 2.45) is 5.41 Å². The lowest BCUT2D eigenvalue weighted by molar-refractivity contribution is -1.13. The summed E-state index contributed by atoms with van der Waals surface area (Å²) in [5, 5.41) is 0. The van der Waals surface area contributed by atoms with E-state index in [1.54, 1.807) is 9.80 Å². The van der Waals surface area contributed by atoms with Crippen molar-refractivity contribution in [2.75, 3.05) is 32.8 Å². The maximum Gasteiger partial charge on any atom is 0.204 e. The number of hydrogen-bond acceptors (Lipinski definition) is 1. The third-order valence-corrected chi connectivity index (χ3v) is 5.19. The monoisotopic (exact) mass is 244 g/mol. The van der Waals surface area contributed by atoms with E-state index < -0.39 is 0 Å². The van der Waals surface area contributed by atoms with Crippen LogP contribution in [0.2, 0.25) is 0 Å². The van der Waals surface area contributed by atoms with Crippen molar-refractivity contribution in [3.05, 3.63) is 35.9 Å². The zero-order valence-electron chi connectivity index (χ0n) is 10.8. The highest BCUT2D eigenvalue weighted by atomic mass is 16.1. The van der Waals surface area contributed by atoms with E-state index in [1.165, 1.54) is 12.2 Å². The summed E-state index contributed by atoms with van der Waals surface area (Å²) in [4.78, 5) is 16.2. The van der Waals surface area contributed by atoms with Crippen molar-refractivity contribution in [1.29, 1.82) is 0 Å². The zero-order chi connectivity index (χ0) is 12.4. The lowest BCUT2D eigenvalue weighted by Crippen LogP contribution is -3.41. The molecule has 4 fully saturated rings. The number of Topliss-reactive ketones (excluding diaryl/α,β-unsaturated/α-hetero) is 1. The van der Waals surface area contributed by atoms with E-state index in [4.69, 9.17) is 0 Å². The summed E-state index contributed by atoms with van der Waals surface area (Å²) in [5.41, 5.74) is 0.959. The molecule has 5 rings (SSSR count). The van der Waals surface area contributed by atoms with Crippen LogP contribution in [0.25, 0.3) is 0 Å². The minimum Gasteiger partial charge on any atom is -0.297 e. The Morgan fingerprint density at radius 3 is 2.22 bits per heavy atom. The van der Waals surface area contributed by atoms with Gasteiger partial charge < -0.3 is 0 Å². The first kappa shape index (κ1) is 10.7. The Morgan fingerprint density at radius 2 is 1.61 bits per heavy atom. The summed E-state index contributed by atoms with van der Waals surface area (Å²) in [6.07, 6.45) is 0. The van der Waals surface area contributed by atoms with Crippen molar-refractivity contribution in [1.82, 2.24) is 0 Å². The van der Waals surface area contributed by atoms with Gasteiger partial charge >= 0.3 is 0 Å². The lowest BCUT2D eigenvalue weighted by Gasteiger charge is -2.56. The Bertz CT molecular complexity index is 496. The third-order valence-electron chi connectivity index (χ3n) is 5.19. The maximum atomic E-state index is 13.0. The van der Waals surface area contributed by atoms with Crippen LogP contribution in [-0.4, -0.2) is 38.6 Å². The molecule has 0 saturated carbocycles. The normalized spacial score (nSPS) is 45.5. The highest BCUT2D eigenvalue weighted by molar-refractivity contribution is 5.96. The fourth-order valence-electron chi connectivity index (χ4n) is 4.80. The Morgan fingerprint density at radius 1 is 1.00 bits per heavy atom. The summed E-state index contributed by atoms with van der Waals surface area (Å²) >= 11 is 0. The molecule has 3 nitrogen and oxygen atoms in total. The Balaban J connectivity index is 1.88. The molecule has 0 radical (unpaired) electrons. The van der Waals surface area contributed by atoms with Crippen LogP contribution in [0.4, 0.5) is 0 Å². The van der Waals surface area contributed by atoms with Gasteiger partial charge in [0, 0.05) is 0 Å². The van der Waals surface area contributed by atoms with Gasteiger partial charge in [0.1, 0.15) is 18.5 Å². The minimum absolute atomic E-state index is 0.0880. The van der Waals surface area contributed by atoms with Crippen LogP contribution in [0.5, 0.6) is 0 Å². The van der Waals surface area contributed by atoms with Gasteiger partial charge in [0.2, 0.25) is 6.67 Å². The van der Waals surface area contributed by atoms with E-state index in [2.05, 4.69) is 31.2 Å². The number of piperidine rings is 2. The van der Waals surface area contributed by atoms with E-state index in [9.17, 15) is 4.79 Å². The van der Waals surface area contributed by atoms with Gasteiger partial charge in [-0.2, -0.15) is 0 Å². The van der Waals surface area contributed by atoms with E-state index in [1.807, 2.05) is 6.07 Å². The Labute approximate surface area is 107 Å². The molecule has 1 aromatic carbocycles. The molecule has 4 aliphatic heterocycles. The number of carbonyl (C=O) groups excluding carboxylic acids is 1. The smallest absolute Gasteiger partial charge is 0.204 e. The molecule has 1 aromatic rings. The molecule has 0 spiro atoms. The second-order valence-electron chi connectivity index (χ2n) is 6.72. The number of rotatable bonds is 1. The molecule has 18 heavy (non-hydrogen) atoms. The molecule has 0 amide bonds. The number of hydrogen-bond donors (Lipinski definition) is 2. The molecule has 2 atom stereocenters. The highest BCUT2D eigenvalue weighted by Crippen LogP contribution is 2.36. The van der Waals surface area contributed by atoms with Crippen LogP contribution in [0, 0.1) is 5.41 Å². The molecular formula is C15H20N2O+2. The van der Waals surface area contributed by atoms with Gasteiger partial charge in [-0.05, 0) is 12.5 Å². The van der Waals surface area contributed by atoms with Gasteiger partial charge in [0.15, 0.2) is 11.2 Å². The molecule has 0 aliphatic carbocycles. The van der Waals surface area contributed by atoms with Gasteiger partial charge in [-0.1, -0.05) is 30.3 Å². The summed E-state index contributed by atoms with van der Waals surface area (Å²) < 4.78 is 0. The van der Waals surface area contributed by atoms with E-state index in [0.29, 0.717) is 5.78 Å². The largest absolute Gasteiger partial charge is 0.297 e. The van der Waals surface area contributed by atoms with Crippen LogP contribution in [0.1, 0.15) is 12.5 Å². The zero-order valence-corrected chi connectivity index (χ0v) is 10.8. The van der Waals surface area contributed by atoms with Crippen LogP contribution < -0.4 is 9.80 Å². The van der Waals surface area contributed by atoms with Crippen molar-refractivity contribution in [2.45, 2.75) is 12.3 Å². The number of ketones is 1. The molecule has 94 valence electrons. The summed E-state index contributed by atoms with van der Waals surface area (Å²) in [7, 11) is 0. The molecule has 2 N–H and O–H groups in total. The van der Waals surface area contributed by atoms with Gasteiger partial charge in [0.05, 0.1) is 13.1 Å². The third kappa shape index (κ3) is 1.19. The fraction of sp³-hybridized carbons (Fsp3) is 0.533. The van der Waals surface area contributed by atoms with Gasteiger partial charge in [-0.25, -0.2) is 0 Å². The standard InChI is InChI=1S/C15H18N2O/c1-14-7-16-9-15(13(14)18,10-17(8-14)11-16)12-5-3-2-4-6-12/h2-6H,7-11H2,1H3/p+2. The molecule has 3 heteroatoms.